The minimum atomic E-state index is -4.48. The van der Waals surface area contributed by atoms with Gasteiger partial charge in [0.25, 0.3) is 0 Å². The molecule has 5 nitrogen and oxygen atoms in total. The van der Waals surface area contributed by atoms with Gasteiger partial charge in [0.05, 0.1) is 26.2 Å². The molecule has 0 amide bonds. The molecule has 2 aromatic carbocycles. The van der Waals surface area contributed by atoms with Crippen molar-refractivity contribution in [2.24, 2.45) is 0 Å². The molecule has 0 aliphatic carbocycles. The van der Waals surface area contributed by atoms with Gasteiger partial charge in [0.2, 0.25) is 0 Å². The number of esters is 1. The minimum absolute atomic E-state index is 0.0102. The lowest BCUT2D eigenvalue weighted by atomic mass is 9.94. The molecule has 8 heteroatoms. The summed E-state index contributed by atoms with van der Waals surface area (Å²) >= 11 is 0. The third-order valence-corrected chi connectivity index (χ3v) is 4.53. The molecule has 0 bridgehead atoms. The van der Waals surface area contributed by atoms with Crippen molar-refractivity contribution in [2.45, 2.75) is 32.5 Å². The van der Waals surface area contributed by atoms with Crippen molar-refractivity contribution in [3.8, 4) is 16.9 Å². The van der Waals surface area contributed by atoms with Crippen LogP contribution >= 0.6 is 0 Å². The first-order chi connectivity index (χ1) is 14.2. The maximum atomic E-state index is 13.2. The number of nitrogens with one attached hydrogen (secondary N) is 1. The number of methoxy groups -OCH3 is 2. The van der Waals surface area contributed by atoms with Crippen LogP contribution < -0.4 is 10.1 Å². The Balaban J connectivity index is 2.48. The number of hydrogen-bond donors (Lipinski definition) is 1. The molecule has 0 spiro atoms. The molecular weight excluding hydrogens is 399 g/mol. The van der Waals surface area contributed by atoms with Crippen LogP contribution in [0.4, 0.5) is 13.2 Å². The molecule has 0 fully saturated rings. The van der Waals surface area contributed by atoms with E-state index in [-0.39, 0.29) is 25.2 Å². The Morgan fingerprint density at radius 3 is 2.37 bits per heavy atom. The highest BCUT2D eigenvalue weighted by Crippen LogP contribution is 2.37. The molecule has 0 atom stereocenters. The monoisotopic (exact) mass is 423 g/mol. The van der Waals surface area contributed by atoms with E-state index < -0.39 is 17.7 Å². The Labute approximate surface area is 173 Å². The molecule has 162 valence electrons. The second kappa shape index (κ2) is 10.2. The van der Waals surface area contributed by atoms with Crippen LogP contribution in [-0.4, -0.2) is 32.5 Å². The SMILES string of the molecule is COC(=O)Cc1ccc(OC)c(-c2ccc(C(F)(F)F)cc2CNCCC(C)=O)c1. The molecule has 0 saturated heterocycles. The highest BCUT2D eigenvalue weighted by atomic mass is 19.4. The Morgan fingerprint density at radius 2 is 1.77 bits per heavy atom. The molecule has 0 radical (unpaired) electrons. The van der Waals surface area contributed by atoms with E-state index in [9.17, 15) is 22.8 Å². The molecule has 0 heterocycles. The summed E-state index contributed by atoms with van der Waals surface area (Å²) in [5.41, 5.74) is 1.40. The zero-order valence-electron chi connectivity index (χ0n) is 17.1. The second-order valence-corrected chi connectivity index (χ2v) is 6.79. The maximum Gasteiger partial charge on any atom is 0.416 e. The van der Waals surface area contributed by atoms with E-state index in [1.165, 1.54) is 27.2 Å². The largest absolute Gasteiger partial charge is 0.496 e. The van der Waals surface area contributed by atoms with Gasteiger partial charge in [0, 0.05) is 25.1 Å². The molecule has 0 aliphatic rings. The Kier molecular flexibility index (Phi) is 8.00. The van der Waals surface area contributed by atoms with Gasteiger partial charge in [-0.25, -0.2) is 0 Å². The lowest BCUT2D eigenvalue weighted by Gasteiger charge is -2.17. The third-order valence-electron chi connectivity index (χ3n) is 4.53. The summed E-state index contributed by atoms with van der Waals surface area (Å²) < 4.78 is 49.8. The van der Waals surface area contributed by atoms with Crippen LogP contribution in [0.5, 0.6) is 5.75 Å². The first kappa shape index (κ1) is 23.4. The predicted octanol–water partition coefficient (Wildman–Crippen LogP) is 4.17. The number of halogens is 3. The molecule has 30 heavy (non-hydrogen) atoms. The molecule has 0 aromatic heterocycles. The van der Waals surface area contributed by atoms with Crippen molar-refractivity contribution >= 4 is 11.8 Å². The fraction of sp³-hybridized carbons (Fsp3) is 0.364. The summed E-state index contributed by atoms with van der Waals surface area (Å²) in [5.74, 6) is 0.0296. The van der Waals surface area contributed by atoms with Crippen LogP contribution in [0.25, 0.3) is 11.1 Å². The van der Waals surface area contributed by atoms with Crippen LogP contribution in [0.3, 0.4) is 0 Å². The zero-order chi connectivity index (χ0) is 22.3. The lowest BCUT2D eigenvalue weighted by Crippen LogP contribution is -2.18. The summed E-state index contributed by atoms with van der Waals surface area (Å²) in [5, 5.41) is 3.01. The number of carbonyl (C=O) groups is 2. The summed E-state index contributed by atoms with van der Waals surface area (Å²) in [6.45, 7) is 1.94. The highest BCUT2D eigenvalue weighted by molar-refractivity contribution is 5.78. The minimum Gasteiger partial charge on any atom is -0.496 e. The average molecular weight is 423 g/mol. The van der Waals surface area contributed by atoms with Crippen LogP contribution in [0.2, 0.25) is 0 Å². The summed E-state index contributed by atoms with van der Waals surface area (Å²) in [6, 6.07) is 8.57. The van der Waals surface area contributed by atoms with E-state index in [0.29, 0.717) is 34.5 Å². The van der Waals surface area contributed by atoms with Crippen molar-refractivity contribution in [2.75, 3.05) is 20.8 Å². The molecule has 1 N–H and O–H groups in total. The normalized spacial score (nSPS) is 11.3. The lowest BCUT2D eigenvalue weighted by molar-refractivity contribution is -0.140. The van der Waals surface area contributed by atoms with Crippen molar-refractivity contribution in [1.82, 2.24) is 5.32 Å². The van der Waals surface area contributed by atoms with Gasteiger partial charge in [-0.1, -0.05) is 12.1 Å². The topological polar surface area (TPSA) is 64.6 Å². The van der Waals surface area contributed by atoms with Crippen LogP contribution in [0.15, 0.2) is 36.4 Å². The average Bonchev–Trinajstić information content (AvgIpc) is 2.70. The number of alkyl halides is 3. The van der Waals surface area contributed by atoms with Gasteiger partial charge in [-0.2, -0.15) is 13.2 Å². The van der Waals surface area contributed by atoms with Gasteiger partial charge in [-0.15, -0.1) is 0 Å². The van der Waals surface area contributed by atoms with Gasteiger partial charge in [0.15, 0.2) is 0 Å². The number of ketones is 1. The Morgan fingerprint density at radius 1 is 1.03 bits per heavy atom. The maximum absolute atomic E-state index is 13.2. The molecule has 2 rings (SSSR count). The van der Waals surface area contributed by atoms with E-state index in [0.717, 1.165) is 12.1 Å². The molecule has 0 unspecified atom stereocenters. The van der Waals surface area contributed by atoms with E-state index >= 15 is 0 Å². The summed E-state index contributed by atoms with van der Waals surface area (Å²) in [6.07, 6.45) is -4.17. The third kappa shape index (κ3) is 6.32. The number of ether oxygens (including phenoxy) is 2. The van der Waals surface area contributed by atoms with E-state index in [2.05, 4.69) is 10.1 Å². The van der Waals surface area contributed by atoms with Gasteiger partial charge >= 0.3 is 12.1 Å². The number of hydrogen-bond acceptors (Lipinski definition) is 5. The van der Waals surface area contributed by atoms with Crippen LogP contribution in [0, 0.1) is 0 Å². The van der Waals surface area contributed by atoms with Gasteiger partial charge < -0.3 is 14.8 Å². The number of benzene rings is 2. The van der Waals surface area contributed by atoms with Crippen molar-refractivity contribution in [3.05, 3.63) is 53.1 Å². The summed E-state index contributed by atoms with van der Waals surface area (Å²) in [4.78, 5) is 22.7. The summed E-state index contributed by atoms with van der Waals surface area (Å²) in [7, 11) is 2.75. The van der Waals surface area contributed by atoms with Gasteiger partial charge in [-0.05, 0) is 47.9 Å². The number of Topliss-reactive ketones (excluding diaryl/α,β-unsaturated/α-hetero) is 1. The fourth-order valence-electron chi connectivity index (χ4n) is 2.98. The second-order valence-electron chi connectivity index (χ2n) is 6.79. The molecular formula is C22H24F3NO4. The standard InChI is InChI=1S/C22H24F3NO4/c1-14(27)8-9-26-13-16-12-17(22(23,24)25)5-6-18(16)19-10-15(11-21(28)30-3)4-7-20(19)29-2/h4-7,10,12,26H,8-9,11,13H2,1-3H3. The van der Waals surface area contributed by atoms with E-state index in [1.807, 2.05) is 0 Å². The quantitative estimate of drug-likeness (QED) is 0.485. The molecule has 2 aromatic rings. The first-order valence-corrected chi connectivity index (χ1v) is 9.30. The number of rotatable bonds is 9. The molecule has 0 aliphatic heterocycles. The van der Waals surface area contributed by atoms with E-state index in [4.69, 9.17) is 4.74 Å². The highest BCUT2D eigenvalue weighted by Gasteiger charge is 2.31. The zero-order valence-corrected chi connectivity index (χ0v) is 17.1. The molecule has 0 saturated carbocycles. The van der Waals surface area contributed by atoms with Gasteiger partial charge in [0.1, 0.15) is 11.5 Å². The van der Waals surface area contributed by atoms with Crippen molar-refractivity contribution < 1.29 is 32.2 Å². The fourth-order valence-corrected chi connectivity index (χ4v) is 2.98. The van der Waals surface area contributed by atoms with Crippen LogP contribution in [0.1, 0.15) is 30.0 Å². The van der Waals surface area contributed by atoms with Crippen molar-refractivity contribution in [3.63, 3.8) is 0 Å². The van der Waals surface area contributed by atoms with Crippen LogP contribution in [-0.2, 0) is 33.5 Å². The first-order valence-electron chi connectivity index (χ1n) is 9.30. The Hall–Kier alpha value is -2.87. The smallest absolute Gasteiger partial charge is 0.416 e. The Bertz CT molecular complexity index is 910. The van der Waals surface area contributed by atoms with E-state index in [1.54, 1.807) is 18.2 Å². The van der Waals surface area contributed by atoms with Gasteiger partial charge in [-0.3, -0.25) is 9.59 Å². The number of carbonyl (C=O) groups excluding carboxylic acids is 2. The predicted molar refractivity (Wildman–Crippen MR) is 106 cm³/mol. The van der Waals surface area contributed by atoms with Crippen molar-refractivity contribution in [1.29, 1.82) is 0 Å².